The van der Waals surface area contributed by atoms with Gasteiger partial charge in [-0.1, -0.05) is 86.5 Å². The molecule has 0 radical (unpaired) electrons. The van der Waals surface area contributed by atoms with Crippen LogP contribution in [-0.2, 0) is 18.3 Å². The highest BCUT2D eigenvalue weighted by Crippen LogP contribution is 2.66. The quantitative estimate of drug-likeness (QED) is 0.182. The van der Waals surface area contributed by atoms with Crippen molar-refractivity contribution in [2.75, 3.05) is 9.80 Å². The lowest BCUT2D eigenvalue weighted by Gasteiger charge is -2.53. The van der Waals surface area contributed by atoms with Crippen LogP contribution in [0.5, 0.6) is 0 Å². The number of para-hydroxylation sites is 2. The molecule has 0 amide bonds. The summed E-state index contributed by atoms with van der Waals surface area (Å²) in [6, 6.07) is 40.0. The molecule has 0 aromatic heterocycles. The highest BCUT2D eigenvalue weighted by molar-refractivity contribution is 7.81. The topological polar surface area (TPSA) is 6.48 Å². The molecule has 0 N–H and O–H groups in total. The van der Waals surface area contributed by atoms with Crippen molar-refractivity contribution in [3.05, 3.63) is 120 Å². The Hall–Kier alpha value is -3.87. The Morgan fingerprint density at radius 2 is 1.31 bits per heavy atom. The van der Waals surface area contributed by atoms with Gasteiger partial charge < -0.3 is 9.80 Å². The first-order valence-electron chi connectivity index (χ1n) is 17.1. The molecule has 1 fully saturated rings. The molecule has 2 aliphatic carbocycles. The molecule has 1 saturated carbocycles. The molecule has 5 aliphatic rings. The van der Waals surface area contributed by atoms with Crippen LogP contribution >= 0.6 is 7.92 Å². The first-order valence-corrected chi connectivity index (χ1v) is 18.4. The third-order valence-corrected chi connectivity index (χ3v) is 14.8. The zero-order chi connectivity index (χ0) is 29.9. The van der Waals surface area contributed by atoms with Gasteiger partial charge in [0.05, 0.1) is 28.3 Å². The molecule has 2 nitrogen and oxygen atoms in total. The predicted octanol–water partition coefficient (Wildman–Crippen LogP) is 9.83. The van der Waals surface area contributed by atoms with Crippen LogP contribution in [0.15, 0.2) is 103 Å². The molecular formula is C42H39N2P. The summed E-state index contributed by atoms with van der Waals surface area (Å²) in [4.78, 5) is 5.50. The fourth-order valence-corrected chi connectivity index (χ4v) is 12.6. The molecule has 3 heterocycles. The number of aryl methyl sites for hydroxylation is 2. The molecule has 10 rings (SSSR count). The van der Waals surface area contributed by atoms with Crippen LogP contribution in [0, 0.1) is 0 Å². The van der Waals surface area contributed by atoms with Gasteiger partial charge in [-0.05, 0) is 118 Å². The lowest BCUT2D eigenvalue weighted by Crippen LogP contribution is -2.56. The standard InChI is InChI=1S/C42H39N2P/c1-41-22-11-12-23-42(41,2)44-36-26-31(28-14-5-3-6-15-28)25-35-40(36)45(37-21-13-20-33(41)39(37)44)38-27-30-17-10-9-16-29(30)24-34(38)43(35)32-18-7-4-8-19-32/h3-8,13-15,18-21,24-27H,9-12,16-17,22-23H2,1-2H3. The third-order valence-electron chi connectivity index (χ3n) is 12.2. The number of nitrogens with zero attached hydrogens (tertiary/aromatic N) is 2. The van der Waals surface area contributed by atoms with E-state index in [1.807, 2.05) is 0 Å². The summed E-state index contributed by atoms with van der Waals surface area (Å²) in [5.41, 5.74) is 14.5. The summed E-state index contributed by atoms with van der Waals surface area (Å²) >= 11 is 0. The van der Waals surface area contributed by atoms with Gasteiger partial charge in [-0.25, -0.2) is 0 Å². The number of rotatable bonds is 2. The average Bonchev–Trinajstić information content (AvgIpc) is 3.30. The van der Waals surface area contributed by atoms with Gasteiger partial charge in [-0.2, -0.15) is 0 Å². The van der Waals surface area contributed by atoms with Gasteiger partial charge in [-0.15, -0.1) is 0 Å². The van der Waals surface area contributed by atoms with Crippen LogP contribution in [0.4, 0.5) is 28.4 Å². The normalized spacial score (nSPS) is 25.2. The molecule has 45 heavy (non-hydrogen) atoms. The molecule has 5 aromatic carbocycles. The molecule has 0 spiro atoms. The van der Waals surface area contributed by atoms with E-state index in [-0.39, 0.29) is 11.0 Å². The number of benzene rings is 5. The van der Waals surface area contributed by atoms with Crippen LogP contribution in [0.25, 0.3) is 11.1 Å². The largest absolute Gasteiger partial charge is 0.333 e. The Morgan fingerprint density at radius 1 is 0.600 bits per heavy atom. The maximum atomic E-state index is 2.87. The van der Waals surface area contributed by atoms with Crippen molar-refractivity contribution in [2.45, 2.75) is 76.2 Å². The minimum Gasteiger partial charge on any atom is -0.333 e. The van der Waals surface area contributed by atoms with Gasteiger partial charge in [0.15, 0.2) is 0 Å². The smallest absolute Gasteiger partial charge is 0.0572 e. The van der Waals surface area contributed by atoms with E-state index in [9.17, 15) is 0 Å². The number of anilines is 5. The first-order chi connectivity index (χ1) is 22.1. The fraction of sp³-hybridized carbons (Fsp3) is 0.286. The van der Waals surface area contributed by atoms with Gasteiger partial charge in [0.2, 0.25) is 0 Å². The van der Waals surface area contributed by atoms with E-state index < -0.39 is 7.92 Å². The van der Waals surface area contributed by atoms with Crippen molar-refractivity contribution in [2.24, 2.45) is 0 Å². The van der Waals surface area contributed by atoms with E-state index in [1.54, 1.807) is 32.6 Å². The van der Waals surface area contributed by atoms with E-state index in [2.05, 4.69) is 127 Å². The van der Waals surface area contributed by atoms with Crippen LogP contribution in [0.3, 0.4) is 0 Å². The van der Waals surface area contributed by atoms with Crippen molar-refractivity contribution in [1.29, 1.82) is 0 Å². The minimum absolute atomic E-state index is 0.0435. The van der Waals surface area contributed by atoms with Crippen LogP contribution in [-0.4, -0.2) is 5.54 Å². The maximum absolute atomic E-state index is 2.87. The van der Waals surface area contributed by atoms with Gasteiger partial charge >= 0.3 is 0 Å². The van der Waals surface area contributed by atoms with Crippen molar-refractivity contribution >= 4 is 52.3 Å². The summed E-state index contributed by atoms with van der Waals surface area (Å²) in [6.07, 6.45) is 10.1. The summed E-state index contributed by atoms with van der Waals surface area (Å²) in [7, 11) is -0.723. The van der Waals surface area contributed by atoms with E-state index in [0.717, 1.165) is 0 Å². The first kappa shape index (κ1) is 26.4. The van der Waals surface area contributed by atoms with Crippen molar-refractivity contribution in [1.82, 2.24) is 0 Å². The van der Waals surface area contributed by atoms with Crippen molar-refractivity contribution in [3.63, 3.8) is 0 Å². The molecule has 5 aromatic rings. The molecule has 3 heteroatoms. The highest BCUT2D eigenvalue weighted by Gasteiger charge is 2.61. The lowest BCUT2D eigenvalue weighted by molar-refractivity contribution is 0.195. The molecule has 3 aliphatic heterocycles. The molecule has 0 bridgehead atoms. The Morgan fingerprint density at radius 3 is 2.11 bits per heavy atom. The van der Waals surface area contributed by atoms with E-state index >= 15 is 0 Å². The zero-order valence-corrected chi connectivity index (χ0v) is 27.2. The summed E-state index contributed by atoms with van der Waals surface area (Å²) in [5.74, 6) is 0. The van der Waals surface area contributed by atoms with Gasteiger partial charge in [0, 0.05) is 27.0 Å². The van der Waals surface area contributed by atoms with Crippen LogP contribution in [0.1, 0.15) is 69.1 Å². The van der Waals surface area contributed by atoms with Crippen LogP contribution < -0.4 is 25.7 Å². The molecule has 0 saturated heterocycles. The Bertz CT molecular complexity index is 2020. The SMILES string of the molecule is CC12CCCCC1(C)N1c3cc(-c4ccccc4)cc4c3P(c3cc5c(cc3N4c3ccccc3)CCCC5)c3cccc2c31. The van der Waals surface area contributed by atoms with E-state index in [4.69, 9.17) is 0 Å². The lowest BCUT2D eigenvalue weighted by atomic mass is 9.61. The zero-order valence-electron chi connectivity index (χ0n) is 26.3. The summed E-state index contributed by atoms with van der Waals surface area (Å²) < 4.78 is 0. The second-order valence-corrected chi connectivity index (χ2v) is 16.5. The van der Waals surface area contributed by atoms with Crippen molar-refractivity contribution < 1.29 is 0 Å². The van der Waals surface area contributed by atoms with Gasteiger partial charge in [0.25, 0.3) is 0 Å². The van der Waals surface area contributed by atoms with Gasteiger partial charge in [0.1, 0.15) is 0 Å². The van der Waals surface area contributed by atoms with Crippen molar-refractivity contribution in [3.8, 4) is 11.1 Å². The average molecular weight is 603 g/mol. The fourth-order valence-electron chi connectivity index (χ4n) is 9.75. The molecular weight excluding hydrogens is 563 g/mol. The minimum atomic E-state index is -0.723. The third kappa shape index (κ3) is 3.39. The molecule has 3 unspecified atom stereocenters. The van der Waals surface area contributed by atoms with Gasteiger partial charge in [-0.3, -0.25) is 0 Å². The summed E-state index contributed by atoms with van der Waals surface area (Å²) in [5, 5.41) is 4.68. The van der Waals surface area contributed by atoms with E-state index in [1.165, 1.54) is 90.9 Å². The second kappa shape index (κ2) is 9.34. The monoisotopic (exact) mass is 602 g/mol. The van der Waals surface area contributed by atoms with E-state index in [0.29, 0.717) is 0 Å². The maximum Gasteiger partial charge on any atom is 0.0572 e. The number of fused-ring (bicyclic) bond motifs is 8. The predicted molar refractivity (Wildman–Crippen MR) is 192 cm³/mol. The molecule has 222 valence electrons. The Labute approximate surface area is 268 Å². The number of hydrogen-bond donors (Lipinski definition) is 0. The summed E-state index contributed by atoms with van der Waals surface area (Å²) in [6.45, 7) is 5.18. The van der Waals surface area contributed by atoms with Crippen LogP contribution in [0.2, 0.25) is 0 Å². The Kier molecular flexibility index (Phi) is 5.47. The Balaban J connectivity index is 1.35. The number of hydrogen-bond acceptors (Lipinski definition) is 2. The molecule has 3 atom stereocenters. The highest BCUT2D eigenvalue weighted by atomic mass is 31.1. The second-order valence-electron chi connectivity index (χ2n) is 14.4.